The molecular weight excluding hydrogens is 436 g/mol. The molecule has 2 rings (SSSR count). The van der Waals surface area contributed by atoms with Crippen molar-refractivity contribution in [2.45, 2.75) is 77.7 Å². The Balaban J connectivity index is 2.15. The lowest BCUT2D eigenvalue weighted by Crippen LogP contribution is -2.43. The summed E-state index contributed by atoms with van der Waals surface area (Å²) in [6.45, 7) is 4.72. The van der Waals surface area contributed by atoms with Crippen LogP contribution in [0.4, 0.5) is 16.2 Å². The molecule has 0 saturated carbocycles. The number of hydrogen-bond acceptors (Lipinski definition) is 4. The number of nitrogens with zero attached hydrogens (tertiary/aromatic N) is 1. The first kappa shape index (κ1) is 26.8. The lowest BCUT2D eigenvalue weighted by Gasteiger charge is -2.27. The Morgan fingerprint density at radius 2 is 1.73 bits per heavy atom. The summed E-state index contributed by atoms with van der Waals surface area (Å²) in [6, 6.07) is 12.7. The predicted molar refractivity (Wildman–Crippen MR) is 139 cm³/mol. The number of nitrogens with two attached hydrogens (primary N) is 2. The highest BCUT2D eigenvalue weighted by Gasteiger charge is 2.21. The van der Waals surface area contributed by atoms with Crippen molar-refractivity contribution < 1.29 is 9.53 Å². The molecule has 1 unspecified atom stereocenters. The molecule has 0 heterocycles. The fourth-order valence-corrected chi connectivity index (χ4v) is 4.05. The van der Waals surface area contributed by atoms with Crippen molar-refractivity contribution in [1.29, 1.82) is 0 Å². The van der Waals surface area contributed by atoms with Gasteiger partial charge in [0.05, 0.1) is 11.6 Å². The molecule has 6 nitrogen and oxygen atoms in total. The maximum Gasteiger partial charge on any atom is 0.319 e. The number of halogens is 1. The number of nitrogen functional groups attached to an aromatic ring is 1. The number of carbonyl (C=O) groups is 1. The number of anilines is 2. The Bertz CT molecular complexity index is 845. The zero-order valence-corrected chi connectivity index (χ0v) is 20.7. The van der Waals surface area contributed by atoms with Gasteiger partial charge in [-0.05, 0) is 67.6 Å². The van der Waals surface area contributed by atoms with Crippen molar-refractivity contribution in [2.24, 2.45) is 11.6 Å². The van der Waals surface area contributed by atoms with Gasteiger partial charge in [-0.1, -0.05) is 63.6 Å². The Labute approximate surface area is 203 Å². The number of carbonyl (C=O) groups excluding carboxylic acids is 1. The third-order valence-corrected chi connectivity index (χ3v) is 6.03. The molecule has 0 fully saturated rings. The van der Waals surface area contributed by atoms with E-state index in [0.29, 0.717) is 23.0 Å². The molecule has 0 radical (unpaired) electrons. The van der Waals surface area contributed by atoms with Gasteiger partial charge in [-0.15, -0.1) is 0 Å². The van der Waals surface area contributed by atoms with Gasteiger partial charge in [0.2, 0.25) is 0 Å². The lowest BCUT2D eigenvalue weighted by molar-refractivity contribution is 0.190. The summed E-state index contributed by atoms with van der Waals surface area (Å²) in [4.78, 5) is 13.8. The molecule has 0 aromatic heterocycles. The highest BCUT2D eigenvalue weighted by Crippen LogP contribution is 2.29. The highest BCUT2D eigenvalue weighted by molar-refractivity contribution is 6.32. The molecule has 0 spiro atoms. The smallest absolute Gasteiger partial charge is 0.319 e. The quantitative estimate of drug-likeness (QED) is 0.153. The summed E-state index contributed by atoms with van der Waals surface area (Å²) >= 11 is 6.57. The van der Waals surface area contributed by atoms with Gasteiger partial charge in [0, 0.05) is 11.4 Å². The van der Waals surface area contributed by atoms with Crippen LogP contribution in [0.25, 0.3) is 0 Å². The van der Waals surface area contributed by atoms with E-state index in [2.05, 4.69) is 25.3 Å². The molecular formula is C26H39ClN4O2. The Hall–Kier alpha value is -2.44. The number of amides is 2. The number of benzene rings is 2. The van der Waals surface area contributed by atoms with Crippen LogP contribution in [0.5, 0.6) is 5.75 Å². The van der Waals surface area contributed by atoms with Crippen LogP contribution >= 0.6 is 11.6 Å². The average molecular weight is 475 g/mol. The van der Waals surface area contributed by atoms with E-state index in [0.717, 1.165) is 44.2 Å². The number of primary amides is 1. The predicted octanol–water partition coefficient (Wildman–Crippen LogP) is 6.66. The minimum absolute atomic E-state index is 0.231. The van der Waals surface area contributed by atoms with Crippen molar-refractivity contribution in [3.63, 3.8) is 0 Å². The molecule has 2 aromatic rings. The second kappa shape index (κ2) is 14.7. The van der Waals surface area contributed by atoms with Gasteiger partial charge in [-0.2, -0.15) is 0 Å². The minimum atomic E-state index is -0.525. The van der Waals surface area contributed by atoms with E-state index in [9.17, 15) is 4.79 Å². The molecule has 0 aliphatic carbocycles. The van der Waals surface area contributed by atoms with E-state index >= 15 is 0 Å². The molecule has 2 amide bonds. The summed E-state index contributed by atoms with van der Waals surface area (Å²) in [6.07, 6.45) is 9.60. The van der Waals surface area contributed by atoms with Crippen LogP contribution in [-0.4, -0.2) is 18.7 Å². The zero-order valence-electron chi connectivity index (χ0n) is 20.0. The molecule has 0 aliphatic rings. The summed E-state index contributed by atoms with van der Waals surface area (Å²) < 4.78 is 6.34. The van der Waals surface area contributed by atoms with E-state index < -0.39 is 6.03 Å². The van der Waals surface area contributed by atoms with Crippen LogP contribution < -0.4 is 26.6 Å². The SMILES string of the molecule is CCCCCCC(CN(C(N)=O)c1ccc(NN)cc1)Oc1ccc(CCCCC)cc1Cl. The topological polar surface area (TPSA) is 93.6 Å². The average Bonchev–Trinajstić information content (AvgIpc) is 2.81. The molecule has 2 aromatic carbocycles. The molecule has 0 bridgehead atoms. The van der Waals surface area contributed by atoms with Gasteiger partial charge in [0.15, 0.2) is 0 Å². The first-order valence-electron chi connectivity index (χ1n) is 12.1. The molecule has 33 heavy (non-hydrogen) atoms. The molecule has 0 aliphatic heterocycles. The van der Waals surface area contributed by atoms with E-state index in [-0.39, 0.29) is 6.10 Å². The summed E-state index contributed by atoms with van der Waals surface area (Å²) in [5.41, 5.74) is 11.0. The number of nitrogens with one attached hydrogen (secondary N) is 1. The number of hydrazine groups is 1. The van der Waals surface area contributed by atoms with E-state index in [1.54, 1.807) is 12.1 Å². The molecule has 182 valence electrons. The number of hydrogen-bond donors (Lipinski definition) is 3. The van der Waals surface area contributed by atoms with E-state index in [4.69, 9.17) is 27.9 Å². The second-order valence-corrected chi connectivity index (χ2v) is 8.86. The highest BCUT2D eigenvalue weighted by atomic mass is 35.5. The summed E-state index contributed by atoms with van der Waals surface area (Å²) in [5, 5.41) is 0.603. The Morgan fingerprint density at radius 3 is 2.33 bits per heavy atom. The van der Waals surface area contributed by atoms with Crippen LogP contribution in [0, 0.1) is 0 Å². The summed E-state index contributed by atoms with van der Waals surface area (Å²) in [5.74, 6) is 6.09. The monoisotopic (exact) mass is 474 g/mol. The van der Waals surface area contributed by atoms with Crippen molar-refractivity contribution in [2.75, 3.05) is 16.9 Å². The van der Waals surface area contributed by atoms with Crippen LogP contribution in [-0.2, 0) is 6.42 Å². The van der Waals surface area contributed by atoms with Crippen LogP contribution in [0.1, 0.15) is 70.8 Å². The van der Waals surface area contributed by atoms with Crippen molar-refractivity contribution in [1.82, 2.24) is 0 Å². The van der Waals surface area contributed by atoms with Crippen LogP contribution in [0.2, 0.25) is 5.02 Å². The molecule has 0 saturated heterocycles. The fraction of sp³-hybridized carbons (Fsp3) is 0.500. The Kier molecular flexibility index (Phi) is 11.9. The standard InChI is InChI=1S/C26H39ClN4O2/c1-3-5-7-9-11-23(19-31(26(28)32)22-15-13-21(30-29)14-16-22)33-25-17-12-20(18-24(25)27)10-8-6-4-2/h12-18,23,30H,3-11,19,29H2,1-2H3,(H2,28,32). The number of unbranched alkanes of at least 4 members (excludes halogenated alkanes) is 5. The summed E-state index contributed by atoms with van der Waals surface area (Å²) in [7, 11) is 0. The number of aryl methyl sites for hydroxylation is 1. The van der Waals surface area contributed by atoms with Gasteiger partial charge in [0.25, 0.3) is 0 Å². The Morgan fingerprint density at radius 1 is 1.03 bits per heavy atom. The normalized spacial score (nSPS) is 11.8. The lowest BCUT2D eigenvalue weighted by atomic mass is 10.1. The largest absolute Gasteiger partial charge is 0.487 e. The third-order valence-electron chi connectivity index (χ3n) is 5.74. The van der Waals surface area contributed by atoms with Crippen molar-refractivity contribution in [3.8, 4) is 5.75 Å². The zero-order chi connectivity index (χ0) is 24.1. The van der Waals surface area contributed by atoms with Crippen molar-refractivity contribution >= 4 is 29.0 Å². The molecule has 1 atom stereocenters. The van der Waals surface area contributed by atoms with Gasteiger partial charge < -0.3 is 15.9 Å². The number of ether oxygens (including phenoxy) is 1. The minimum Gasteiger partial charge on any atom is -0.487 e. The van der Waals surface area contributed by atoms with Crippen LogP contribution in [0.15, 0.2) is 42.5 Å². The maximum absolute atomic E-state index is 12.3. The fourth-order valence-electron chi connectivity index (χ4n) is 3.80. The molecule has 7 heteroatoms. The van der Waals surface area contributed by atoms with Crippen molar-refractivity contribution in [3.05, 3.63) is 53.1 Å². The molecule has 5 N–H and O–H groups in total. The van der Waals surface area contributed by atoms with Gasteiger partial charge in [-0.25, -0.2) is 4.79 Å². The van der Waals surface area contributed by atoms with Gasteiger partial charge >= 0.3 is 6.03 Å². The second-order valence-electron chi connectivity index (χ2n) is 8.45. The van der Waals surface area contributed by atoms with E-state index in [1.807, 2.05) is 24.3 Å². The third kappa shape index (κ3) is 9.14. The first-order valence-corrected chi connectivity index (χ1v) is 12.4. The first-order chi connectivity index (χ1) is 16.0. The van der Waals surface area contributed by atoms with Gasteiger partial charge in [-0.3, -0.25) is 10.7 Å². The van der Waals surface area contributed by atoms with Gasteiger partial charge in [0.1, 0.15) is 11.9 Å². The van der Waals surface area contributed by atoms with E-state index in [1.165, 1.54) is 29.7 Å². The number of urea groups is 1. The maximum atomic E-state index is 12.3. The number of rotatable bonds is 15. The van der Waals surface area contributed by atoms with Crippen LogP contribution in [0.3, 0.4) is 0 Å².